The van der Waals surface area contributed by atoms with Crippen molar-refractivity contribution in [2.75, 3.05) is 11.4 Å². The summed E-state index contributed by atoms with van der Waals surface area (Å²) in [5.41, 5.74) is 2.34. The summed E-state index contributed by atoms with van der Waals surface area (Å²) in [5, 5.41) is 9.84. The molecule has 1 N–H and O–H groups in total. The first kappa shape index (κ1) is 21.4. The molecule has 2 aromatic rings. The van der Waals surface area contributed by atoms with Crippen LogP contribution in [0.15, 0.2) is 48.5 Å². The van der Waals surface area contributed by atoms with Crippen molar-refractivity contribution in [2.24, 2.45) is 5.92 Å². The van der Waals surface area contributed by atoms with Crippen LogP contribution in [-0.2, 0) is 9.59 Å². The molecule has 0 saturated heterocycles. The molecule has 0 saturated carbocycles. The van der Waals surface area contributed by atoms with Gasteiger partial charge < -0.3 is 10.0 Å². The summed E-state index contributed by atoms with van der Waals surface area (Å²) >= 11 is 6.21. The number of hydrogen-bond acceptors (Lipinski definition) is 2. The summed E-state index contributed by atoms with van der Waals surface area (Å²) in [7, 11) is 0. The zero-order chi connectivity index (χ0) is 20.7. The molecule has 5 nitrogen and oxygen atoms in total. The number of nitrogens with zero attached hydrogens (tertiary/aromatic N) is 2. The fourth-order valence-corrected chi connectivity index (χ4v) is 3.03. The van der Waals surface area contributed by atoms with Crippen LogP contribution in [0.25, 0.3) is 0 Å². The van der Waals surface area contributed by atoms with E-state index in [2.05, 4.69) is 11.4 Å². The molecule has 6 heteroatoms. The molecule has 0 fully saturated rings. The molecule has 1 atom stereocenters. The Morgan fingerprint density at radius 2 is 1.89 bits per heavy atom. The van der Waals surface area contributed by atoms with Crippen LogP contribution in [0, 0.1) is 5.92 Å². The maximum atomic E-state index is 12.9. The number of amides is 1. The van der Waals surface area contributed by atoms with E-state index in [4.69, 9.17) is 11.6 Å². The number of carbonyl (C=O) groups excluding carboxylic acids is 1. The molecule has 0 aliphatic carbocycles. The molecule has 2 aromatic carbocycles. The molecule has 28 heavy (non-hydrogen) atoms. The highest BCUT2D eigenvalue weighted by Gasteiger charge is 2.28. The van der Waals surface area contributed by atoms with Crippen molar-refractivity contribution in [3.8, 4) is 0 Å². The van der Waals surface area contributed by atoms with E-state index in [9.17, 15) is 14.7 Å². The highest BCUT2D eigenvalue weighted by Crippen LogP contribution is 2.28. The number of rotatable bonds is 8. The quantitative estimate of drug-likeness (QED) is 0.542. The Hall–Kier alpha value is -2.88. The van der Waals surface area contributed by atoms with Crippen LogP contribution in [0.4, 0.5) is 5.69 Å². The Morgan fingerprint density at radius 1 is 1.21 bits per heavy atom. The average molecular weight is 400 g/mol. The number of hydrogen-bond donors (Lipinski definition) is 1. The molecule has 0 spiro atoms. The standard InChI is InChI=1S/C22H23ClN2O3/c1-4-15(2)12-20(26)25(14-21(27)28)19-11-10-17(23)13-18(19)22(24-3)16-8-6-5-7-9-16/h5-11,13,15H,3-4,12,14H2,1-2H3/p+1/t15-/m0/s1. The van der Waals surface area contributed by atoms with Gasteiger partial charge in [-0.25, -0.2) is 0 Å². The Kier molecular flexibility index (Phi) is 7.56. The first-order valence-electron chi connectivity index (χ1n) is 9.08. The van der Waals surface area contributed by atoms with Gasteiger partial charge in [0.25, 0.3) is 6.72 Å². The zero-order valence-corrected chi connectivity index (χ0v) is 16.8. The van der Waals surface area contributed by atoms with Gasteiger partial charge in [0.15, 0.2) is 0 Å². The SMILES string of the molecule is C=[N+]=C(c1ccccc1)c1cc(Cl)ccc1N(CC(=O)O)C(=O)C[C@@H](C)CC. The van der Waals surface area contributed by atoms with Crippen LogP contribution in [0.1, 0.15) is 37.8 Å². The lowest BCUT2D eigenvalue weighted by Gasteiger charge is -2.24. The van der Waals surface area contributed by atoms with Crippen LogP contribution < -0.4 is 9.57 Å². The molecule has 0 unspecified atom stereocenters. The predicted octanol–water partition coefficient (Wildman–Crippen LogP) is 3.80. The Balaban J connectivity index is 2.59. The third-order valence-corrected chi connectivity index (χ3v) is 4.76. The lowest BCUT2D eigenvalue weighted by Crippen LogP contribution is -2.37. The topological polar surface area (TPSA) is 71.7 Å². The maximum absolute atomic E-state index is 12.9. The van der Waals surface area contributed by atoms with E-state index < -0.39 is 12.5 Å². The Morgan fingerprint density at radius 3 is 2.46 bits per heavy atom. The van der Waals surface area contributed by atoms with Gasteiger partial charge in [-0.2, -0.15) is 0 Å². The second-order valence-electron chi connectivity index (χ2n) is 6.63. The van der Waals surface area contributed by atoms with Gasteiger partial charge in [0.1, 0.15) is 6.54 Å². The van der Waals surface area contributed by atoms with Gasteiger partial charge in [-0.15, -0.1) is 0 Å². The molecular weight excluding hydrogens is 376 g/mol. The number of carboxylic acids is 1. The summed E-state index contributed by atoms with van der Waals surface area (Å²) in [4.78, 5) is 25.7. The minimum Gasteiger partial charge on any atom is -0.480 e. The van der Waals surface area contributed by atoms with E-state index >= 15 is 0 Å². The summed E-state index contributed by atoms with van der Waals surface area (Å²) in [6.07, 6.45) is 1.09. The molecule has 0 aliphatic rings. The van der Waals surface area contributed by atoms with Crippen LogP contribution >= 0.6 is 11.6 Å². The second-order valence-corrected chi connectivity index (χ2v) is 7.06. The van der Waals surface area contributed by atoms with Gasteiger partial charge in [-0.05, 0) is 36.2 Å². The largest absolute Gasteiger partial charge is 0.480 e. The van der Waals surface area contributed by atoms with Crippen molar-refractivity contribution in [1.82, 2.24) is 4.67 Å². The molecular formula is C22H24ClN2O3+. The molecule has 146 valence electrons. The number of aliphatic carboxylic acids is 1. The first-order valence-corrected chi connectivity index (χ1v) is 9.46. The fraction of sp³-hybridized carbons (Fsp3) is 0.273. The summed E-state index contributed by atoms with van der Waals surface area (Å²) in [6.45, 7) is 7.18. The van der Waals surface area contributed by atoms with E-state index in [0.29, 0.717) is 22.0 Å². The lowest BCUT2D eigenvalue weighted by atomic mass is 9.99. The van der Waals surface area contributed by atoms with Crippen molar-refractivity contribution < 1.29 is 14.7 Å². The van der Waals surface area contributed by atoms with Crippen LogP contribution in [0.2, 0.25) is 5.02 Å². The molecule has 1 amide bonds. The van der Waals surface area contributed by atoms with E-state index in [1.807, 2.05) is 44.2 Å². The molecule has 0 heterocycles. The van der Waals surface area contributed by atoms with E-state index in [-0.39, 0.29) is 18.2 Å². The van der Waals surface area contributed by atoms with Crippen LogP contribution in [0.3, 0.4) is 0 Å². The van der Waals surface area contributed by atoms with Gasteiger partial charge in [0.2, 0.25) is 5.91 Å². The highest BCUT2D eigenvalue weighted by molar-refractivity contribution is 6.31. The molecule has 0 bridgehead atoms. The van der Waals surface area contributed by atoms with Gasteiger partial charge in [0, 0.05) is 11.4 Å². The lowest BCUT2D eigenvalue weighted by molar-refractivity contribution is -0.136. The van der Waals surface area contributed by atoms with Gasteiger partial charge >= 0.3 is 11.7 Å². The van der Waals surface area contributed by atoms with E-state index in [0.717, 1.165) is 12.0 Å². The van der Waals surface area contributed by atoms with Crippen molar-refractivity contribution >= 4 is 41.6 Å². The number of anilines is 1. The third kappa shape index (κ3) is 5.32. The van der Waals surface area contributed by atoms with Crippen molar-refractivity contribution in [3.63, 3.8) is 0 Å². The van der Waals surface area contributed by atoms with Crippen molar-refractivity contribution in [1.29, 1.82) is 0 Å². The summed E-state index contributed by atoms with van der Waals surface area (Å²) in [5.74, 6) is -1.20. The molecule has 0 aromatic heterocycles. The summed E-state index contributed by atoms with van der Waals surface area (Å²) in [6, 6.07) is 14.3. The molecule has 2 rings (SSSR count). The van der Waals surface area contributed by atoms with E-state index in [1.54, 1.807) is 18.2 Å². The Labute approximate surface area is 170 Å². The highest BCUT2D eigenvalue weighted by atomic mass is 35.5. The number of carboxylic acid groups (broad SMARTS) is 1. The number of benzene rings is 2. The smallest absolute Gasteiger partial charge is 0.342 e. The van der Waals surface area contributed by atoms with E-state index in [1.165, 1.54) is 4.90 Å². The minimum absolute atomic E-state index is 0.148. The third-order valence-electron chi connectivity index (χ3n) is 4.52. The van der Waals surface area contributed by atoms with Gasteiger partial charge in [-0.1, -0.05) is 54.7 Å². The van der Waals surface area contributed by atoms with Gasteiger partial charge in [0.05, 0.1) is 16.8 Å². The number of carbonyl (C=O) groups is 2. The summed E-state index contributed by atoms with van der Waals surface area (Å²) < 4.78 is 4.15. The molecule has 0 radical (unpaired) electrons. The van der Waals surface area contributed by atoms with Crippen LogP contribution in [-0.4, -0.2) is 36.0 Å². The van der Waals surface area contributed by atoms with Crippen molar-refractivity contribution in [3.05, 3.63) is 64.7 Å². The number of halogens is 1. The maximum Gasteiger partial charge on any atom is 0.342 e. The monoisotopic (exact) mass is 399 g/mol. The molecule has 0 aliphatic heterocycles. The second kappa shape index (κ2) is 9.88. The minimum atomic E-state index is -1.09. The normalized spacial score (nSPS) is 11.4. The first-order chi connectivity index (χ1) is 13.4. The fourth-order valence-electron chi connectivity index (χ4n) is 2.86. The predicted molar refractivity (Wildman–Crippen MR) is 114 cm³/mol. The van der Waals surface area contributed by atoms with Gasteiger partial charge in [-0.3, -0.25) is 9.59 Å². The van der Waals surface area contributed by atoms with Crippen LogP contribution in [0.5, 0.6) is 0 Å². The average Bonchev–Trinajstić information content (AvgIpc) is 2.67. The Bertz CT molecular complexity index is 905. The zero-order valence-electron chi connectivity index (χ0n) is 16.1. The van der Waals surface area contributed by atoms with Crippen molar-refractivity contribution in [2.45, 2.75) is 26.7 Å².